The van der Waals surface area contributed by atoms with Crippen LogP contribution in [0.2, 0.25) is 0 Å². The SMILES string of the molecule is O.O=P(O)(O)CP(=O)(O)O.[H-].[H-].[Na+].[Na+]. The van der Waals surface area contributed by atoms with E-state index >= 15 is 0 Å². The first-order valence-electron chi connectivity index (χ1n) is 1.80. The average Bonchev–Trinajstić information content (AvgIpc) is 1.14. The van der Waals surface area contributed by atoms with Crippen LogP contribution in [0.4, 0.5) is 0 Å². The van der Waals surface area contributed by atoms with Gasteiger partial charge in [-0.1, -0.05) is 0 Å². The summed E-state index contributed by atoms with van der Waals surface area (Å²) in [6.07, 6.45) is 0. The Morgan fingerprint density at radius 1 is 0.917 bits per heavy atom. The molecular weight excluding hydrogens is 232 g/mol. The van der Waals surface area contributed by atoms with Crippen LogP contribution < -0.4 is 59.1 Å². The zero-order valence-electron chi connectivity index (χ0n) is 8.71. The second-order valence-electron chi connectivity index (χ2n) is 1.47. The van der Waals surface area contributed by atoms with Crippen molar-refractivity contribution in [2.24, 2.45) is 0 Å². The first-order valence-corrected chi connectivity index (χ1v) is 5.39. The zero-order valence-corrected chi connectivity index (χ0v) is 12.5. The Morgan fingerprint density at radius 2 is 1.08 bits per heavy atom. The molecule has 0 aliphatic rings. The van der Waals surface area contributed by atoms with Crippen LogP contribution in [0.1, 0.15) is 2.85 Å². The summed E-state index contributed by atoms with van der Waals surface area (Å²) in [7, 11) is -9.10. The molecule has 7 nitrogen and oxygen atoms in total. The minimum atomic E-state index is -4.55. The van der Waals surface area contributed by atoms with Gasteiger partial charge in [0.05, 0.1) is 0 Å². The summed E-state index contributed by atoms with van der Waals surface area (Å²) in [4.78, 5) is 31.9. The molecular formula is CH10Na2O7P2. The Balaban J connectivity index is -0.0000000320. The van der Waals surface area contributed by atoms with Gasteiger partial charge in [0, 0.05) is 0 Å². The second-order valence-corrected chi connectivity index (χ2v) is 5.26. The number of hydrogen-bond donors (Lipinski definition) is 4. The molecule has 68 valence electrons. The predicted octanol–water partition coefficient (Wildman–Crippen LogP) is -7.29. The first kappa shape index (κ1) is 23.8. The molecule has 0 rings (SSSR count). The van der Waals surface area contributed by atoms with Crippen LogP contribution in [0.15, 0.2) is 0 Å². The fraction of sp³-hybridized carbons (Fsp3) is 1.00. The van der Waals surface area contributed by atoms with Crippen molar-refractivity contribution in [1.82, 2.24) is 0 Å². The standard InChI is InChI=1S/CH6O6P2.2Na.H2O.2H/c2-8(3,4)1-9(5,6)7;;;;;/h1H2,(H2,2,3,4)(H2,5,6,7);;;1H2;;/q;2*+1;;2*-1. The van der Waals surface area contributed by atoms with E-state index in [0.717, 1.165) is 0 Å². The Bertz CT molecular complexity index is 168. The van der Waals surface area contributed by atoms with Crippen LogP contribution in [0.5, 0.6) is 0 Å². The zero-order chi connectivity index (χ0) is 7.71. The van der Waals surface area contributed by atoms with Crippen LogP contribution in [-0.2, 0) is 9.13 Å². The van der Waals surface area contributed by atoms with Gasteiger partial charge in [-0.2, -0.15) is 0 Å². The van der Waals surface area contributed by atoms with Crippen LogP contribution >= 0.6 is 15.2 Å². The van der Waals surface area contributed by atoms with Gasteiger partial charge in [-0.15, -0.1) is 0 Å². The summed E-state index contributed by atoms with van der Waals surface area (Å²) in [6, 6.07) is 0. The molecule has 0 saturated heterocycles. The first-order chi connectivity index (χ1) is 3.71. The molecule has 0 aromatic carbocycles. The van der Waals surface area contributed by atoms with Crippen molar-refractivity contribution in [3.8, 4) is 0 Å². The third-order valence-electron chi connectivity index (χ3n) is 0.368. The van der Waals surface area contributed by atoms with E-state index in [4.69, 9.17) is 19.6 Å². The molecule has 0 amide bonds. The molecule has 0 radical (unpaired) electrons. The van der Waals surface area contributed by atoms with Crippen molar-refractivity contribution < 1.29 is 96.1 Å². The fourth-order valence-corrected chi connectivity index (χ4v) is 2.16. The van der Waals surface area contributed by atoms with Gasteiger partial charge in [0.15, 0.2) is 5.90 Å². The molecule has 6 N–H and O–H groups in total. The molecule has 0 aromatic heterocycles. The maximum Gasteiger partial charge on any atom is 1.00 e. The van der Waals surface area contributed by atoms with Gasteiger partial charge in [0.1, 0.15) is 0 Å². The molecule has 0 aliphatic carbocycles. The molecule has 0 heterocycles. The van der Waals surface area contributed by atoms with Crippen molar-refractivity contribution >= 4 is 15.2 Å². The number of hydrogen-bond acceptors (Lipinski definition) is 2. The molecule has 0 bridgehead atoms. The van der Waals surface area contributed by atoms with E-state index in [1.54, 1.807) is 0 Å². The minimum absolute atomic E-state index is 0. The van der Waals surface area contributed by atoms with E-state index in [2.05, 4.69) is 0 Å². The third kappa shape index (κ3) is 22.8. The van der Waals surface area contributed by atoms with Crippen molar-refractivity contribution in [2.75, 3.05) is 5.90 Å². The van der Waals surface area contributed by atoms with E-state index in [9.17, 15) is 9.13 Å². The fourth-order valence-electron chi connectivity index (χ4n) is 0.240. The Kier molecular flexibility index (Phi) is 17.0. The topological polar surface area (TPSA) is 147 Å². The monoisotopic (exact) mass is 242 g/mol. The molecule has 0 aliphatic heterocycles. The predicted molar refractivity (Wildman–Crippen MR) is 34.8 cm³/mol. The Morgan fingerprint density at radius 3 is 1.08 bits per heavy atom. The summed E-state index contributed by atoms with van der Waals surface area (Å²) in [5.74, 6) is -1.38. The summed E-state index contributed by atoms with van der Waals surface area (Å²) in [5, 5.41) is 0. The van der Waals surface area contributed by atoms with Gasteiger partial charge in [0.25, 0.3) is 0 Å². The Hall–Kier alpha value is 2.26. The van der Waals surface area contributed by atoms with Gasteiger partial charge in [-0.3, -0.25) is 9.13 Å². The van der Waals surface area contributed by atoms with E-state index < -0.39 is 21.1 Å². The molecule has 0 saturated carbocycles. The van der Waals surface area contributed by atoms with Crippen LogP contribution in [-0.4, -0.2) is 31.0 Å². The van der Waals surface area contributed by atoms with Gasteiger partial charge in [-0.25, -0.2) is 0 Å². The molecule has 0 spiro atoms. The number of rotatable bonds is 2. The quantitative estimate of drug-likeness (QED) is 0.279. The van der Waals surface area contributed by atoms with E-state index in [0.29, 0.717) is 0 Å². The summed E-state index contributed by atoms with van der Waals surface area (Å²) in [6.45, 7) is 0. The van der Waals surface area contributed by atoms with Crippen LogP contribution in [0.3, 0.4) is 0 Å². The van der Waals surface area contributed by atoms with Gasteiger partial charge in [-0.05, 0) is 0 Å². The molecule has 0 unspecified atom stereocenters. The van der Waals surface area contributed by atoms with Crippen molar-refractivity contribution in [1.29, 1.82) is 0 Å². The Labute approximate surface area is 116 Å². The second kappa shape index (κ2) is 8.56. The normalized spacial score (nSPS) is 10.3. The molecule has 0 atom stereocenters. The van der Waals surface area contributed by atoms with Gasteiger partial charge in [0.2, 0.25) is 0 Å². The van der Waals surface area contributed by atoms with E-state index in [1.807, 2.05) is 0 Å². The van der Waals surface area contributed by atoms with Crippen molar-refractivity contribution in [2.45, 2.75) is 0 Å². The van der Waals surface area contributed by atoms with Crippen molar-refractivity contribution in [3.05, 3.63) is 0 Å². The molecule has 0 fully saturated rings. The summed E-state index contributed by atoms with van der Waals surface area (Å²) in [5.41, 5.74) is 0. The average molecular weight is 242 g/mol. The molecule has 0 aromatic rings. The molecule has 11 heteroatoms. The van der Waals surface area contributed by atoms with E-state index in [-0.39, 0.29) is 67.4 Å². The maximum atomic E-state index is 9.85. The van der Waals surface area contributed by atoms with Crippen LogP contribution in [0.25, 0.3) is 0 Å². The maximum absolute atomic E-state index is 9.85. The van der Waals surface area contributed by atoms with Gasteiger partial charge >= 0.3 is 74.3 Å². The van der Waals surface area contributed by atoms with Gasteiger partial charge < -0.3 is 27.9 Å². The van der Waals surface area contributed by atoms with Crippen LogP contribution in [0, 0.1) is 0 Å². The van der Waals surface area contributed by atoms with E-state index in [1.165, 1.54) is 0 Å². The summed E-state index contributed by atoms with van der Waals surface area (Å²) >= 11 is 0. The third-order valence-corrected chi connectivity index (χ3v) is 3.32. The minimum Gasteiger partial charge on any atom is -1.00 e. The van der Waals surface area contributed by atoms with Crippen molar-refractivity contribution in [3.63, 3.8) is 0 Å². The molecule has 12 heavy (non-hydrogen) atoms. The largest absolute Gasteiger partial charge is 1.00 e. The smallest absolute Gasteiger partial charge is 1.00 e. The summed E-state index contributed by atoms with van der Waals surface area (Å²) < 4.78 is 19.7.